The number of benzene rings is 1. The van der Waals surface area contributed by atoms with Gasteiger partial charge in [-0.05, 0) is 39.0 Å². The van der Waals surface area contributed by atoms with Crippen molar-refractivity contribution < 1.29 is 18.5 Å². The molecule has 114 valence electrons. The molecule has 21 heavy (non-hydrogen) atoms. The summed E-state index contributed by atoms with van der Waals surface area (Å²) in [7, 11) is 1.96. The van der Waals surface area contributed by atoms with Crippen LogP contribution < -0.4 is 5.32 Å². The van der Waals surface area contributed by atoms with Crippen molar-refractivity contribution in [3.63, 3.8) is 0 Å². The van der Waals surface area contributed by atoms with Crippen LogP contribution in [0.3, 0.4) is 0 Å². The average molecular weight is 299 g/mol. The zero-order chi connectivity index (χ0) is 15.6. The molecule has 1 heterocycles. The number of halogens is 2. The van der Waals surface area contributed by atoms with E-state index in [1.165, 1.54) is 0 Å². The van der Waals surface area contributed by atoms with Gasteiger partial charge in [0, 0.05) is 6.04 Å². The van der Waals surface area contributed by atoms with Crippen LogP contribution in [-0.4, -0.2) is 41.9 Å². The van der Waals surface area contributed by atoms with E-state index in [2.05, 4.69) is 10.2 Å². The zero-order valence-corrected chi connectivity index (χ0v) is 11.4. The number of nitrogens with one attached hydrogen (secondary N) is 1. The number of amides is 1. The Hall–Kier alpha value is -2.09. The van der Waals surface area contributed by atoms with Crippen LogP contribution >= 0.6 is 0 Å². The summed E-state index contributed by atoms with van der Waals surface area (Å²) >= 11 is 0. The maximum Gasteiger partial charge on any atom is 0.307 e. The number of likely N-dealkylation sites (tertiary alicyclic amines) is 1. The van der Waals surface area contributed by atoms with Crippen molar-refractivity contribution in [2.75, 3.05) is 20.1 Å². The standard InChI is InChI=1S/C13H15F2N3O3/c1-17-4-2-8(3-5-17)16-13(19)9-6-11(15)12(18(20)21)7-10(9)14/h6-8H,2-5H2,1H3,(H,16,19). The summed E-state index contributed by atoms with van der Waals surface area (Å²) in [6.45, 7) is 1.62. The topological polar surface area (TPSA) is 75.5 Å². The molecule has 0 aliphatic carbocycles. The molecule has 6 nitrogen and oxygen atoms in total. The van der Waals surface area contributed by atoms with Gasteiger partial charge in [-0.2, -0.15) is 4.39 Å². The zero-order valence-electron chi connectivity index (χ0n) is 11.4. The third-order valence-corrected chi connectivity index (χ3v) is 3.53. The Morgan fingerprint density at radius 3 is 2.52 bits per heavy atom. The second-order valence-electron chi connectivity index (χ2n) is 5.09. The first-order valence-electron chi connectivity index (χ1n) is 6.51. The van der Waals surface area contributed by atoms with Gasteiger partial charge >= 0.3 is 5.69 Å². The summed E-state index contributed by atoms with van der Waals surface area (Å²) in [5, 5.41) is 13.1. The summed E-state index contributed by atoms with van der Waals surface area (Å²) in [4.78, 5) is 23.5. The van der Waals surface area contributed by atoms with E-state index in [4.69, 9.17) is 0 Å². The minimum absolute atomic E-state index is 0.105. The van der Waals surface area contributed by atoms with Crippen LogP contribution in [0.25, 0.3) is 0 Å². The number of nitro groups is 1. The number of carbonyl (C=O) groups excluding carboxylic acids is 1. The van der Waals surface area contributed by atoms with Gasteiger partial charge in [-0.3, -0.25) is 14.9 Å². The SMILES string of the molecule is CN1CCC(NC(=O)c2cc(F)c([N+](=O)[O-])cc2F)CC1. The lowest BCUT2D eigenvalue weighted by atomic mass is 10.0. The van der Waals surface area contributed by atoms with Gasteiger partial charge < -0.3 is 10.2 Å². The second kappa shape index (κ2) is 6.13. The predicted octanol–water partition coefficient (Wildman–Crippen LogP) is 1.70. The number of hydrogen-bond acceptors (Lipinski definition) is 4. The molecular formula is C13H15F2N3O3. The summed E-state index contributed by atoms with van der Waals surface area (Å²) in [6.07, 6.45) is 1.44. The fourth-order valence-electron chi connectivity index (χ4n) is 2.27. The molecule has 1 aliphatic rings. The number of nitrogens with zero attached hydrogens (tertiary/aromatic N) is 2. The Kier molecular flexibility index (Phi) is 4.46. The molecule has 2 rings (SSSR count). The highest BCUT2D eigenvalue weighted by atomic mass is 19.1. The molecule has 0 atom stereocenters. The molecule has 1 N–H and O–H groups in total. The summed E-state index contributed by atoms with van der Waals surface area (Å²) < 4.78 is 27.2. The molecule has 1 saturated heterocycles. The fraction of sp³-hybridized carbons (Fsp3) is 0.462. The van der Waals surface area contributed by atoms with E-state index in [1.807, 2.05) is 7.05 Å². The van der Waals surface area contributed by atoms with Gasteiger partial charge in [-0.1, -0.05) is 0 Å². The van der Waals surface area contributed by atoms with E-state index in [-0.39, 0.29) is 6.04 Å². The summed E-state index contributed by atoms with van der Waals surface area (Å²) in [6, 6.07) is 0.891. The normalized spacial score (nSPS) is 16.7. The Morgan fingerprint density at radius 1 is 1.33 bits per heavy atom. The van der Waals surface area contributed by atoms with Crippen LogP contribution in [0.4, 0.5) is 14.5 Å². The molecule has 0 saturated carbocycles. The predicted molar refractivity (Wildman–Crippen MR) is 71.0 cm³/mol. The minimum atomic E-state index is -1.23. The Morgan fingerprint density at radius 2 is 1.95 bits per heavy atom. The molecule has 0 bridgehead atoms. The van der Waals surface area contributed by atoms with Gasteiger partial charge in [-0.15, -0.1) is 0 Å². The number of hydrogen-bond donors (Lipinski definition) is 1. The highest BCUT2D eigenvalue weighted by Gasteiger charge is 2.24. The quantitative estimate of drug-likeness (QED) is 0.681. The van der Waals surface area contributed by atoms with E-state index < -0.39 is 33.7 Å². The highest BCUT2D eigenvalue weighted by Crippen LogP contribution is 2.21. The summed E-state index contributed by atoms with van der Waals surface area (Å²) in [5.41, 5.74) is -1.50. The van der Waals surface area contributed by atoms with Crippen LogP contribution in [0.15, 0.2) is 12.1 Å². The maximum absolute atomic E-state index is 13.7. The van der Waals surface area contributed by atoms with Gasteiger partial charge in [0.1, 0.15) is 5.82 Å². The first kappa shape index (κ1) is 15.3. The van der Waals surface area contributed by atoms with Crippen LogP contribution in [-0.2, 0) is 0 Å². The third kappa shape index (κ3) is 3.52. The van der Waals surface area contributed by atoms with Crippen molar-refractivity contribution in [1.82, 2.24) is 10.2 Å². The van der Waals surface area contributed by atoms with E-state index in [1.54, 1.807) is 0 Å². The van der Waals surface area contributed by atoms with E-state index >= 15 is 0 Å². The molecule has 1 aliphatic heterocycles. The molecule has 0 aromatic heterocycles. The molecule has 1 aromatic carbocycles. The lowest BCUT2D eigenvalue weighted by Gasteiger charge is -2.29. The second-order valence-corrected chi connectivity index (χ2v) is 5.09. The average Bonchev–Trinajstić information content (AvgIpc) is 2.43. The molecule has 1 fully saturated rings. The van der Waals surface area contributed by atoms with Crippen molar-refractivity contribution in [2.24, 2.45) is 0 Å². The number of rotatable bonds is 3. The Labute approximate surface area is 119 Å². The van der Waals surface area contributed by atoms with Crippen molar-refractivity contribution in [3.05, 3.63) is 39.4 Å². The summed E-state index contributed by atoms with van der Waals surface area (Å²) in [5.74, 6) is -3.08. The smallest absolute Gasteiger partial charge is 0.307 e. The molecule has 1 amide bonds. The Balaban J connectivity index is 2.12. The van der Waals surface area contributed by atoms with Gasteiger partial charge in [0.25, 0.3) is 5.91 Å². The monoisotopic (exact) mass is 299 g/mol. The van der Waals surface area contributed by atoms with Crippen LogP contribution in [0, 0.1) is 21.7 Å². The van der Waals surface area contributed by atoms with Gasteiger partial charge in [0.15, 0.2) is 0 Å². The number of nitro benzene ring substituents is 1. The minimum Gasteiger partial charge on any atom is -0.349 e. The van der Waals surface area contributed by atoms with E-state index in [0.717, 1.165) is 25.9 Å². The third-order valence-electron chi connectivity index (χ3n) is 3.53. The van der Waals surface area contributed by atoms with Crippen LogP contribution in [0.5, 0.6) is 0 Å². The highest BCUT2D eigenvalue weighted by molar-refractivity contribution is 5.95. The first-order chi connectivity index (χ1) is 9.88. The molecule has 1 aromatic rings. The van der Waals surface area contributed by atoms with Crippen molar-refractivity contribution in [1.29, 1.82) is 0 Å². The number of piperidine rings is 1. The molecule has 0 spiro atoms. The van der Waals surface area contributed by atoms with E-state index in [0.29, 0.717) is 12.1 Å². The Bertz CT molecular complexity index is 572. The van der Waals surface area contributed by atoms with Gasteiger partial charge in [0.05, 0.1) is 16.6 Å². The molecular weight excluding hydrogens is 284 g/mol. The fourth-order valence-corrected chi connectivity index (χ4v) is 2.27. The lowest BCUT2D eigenvalue weighted by molar-refractivity contribution is -0.387. The molecule has 0 radical (unpaired) electrons. The van der Waals surface area contributed by atoms with Crippen molar-refractivity contribution >= 4 is 11.6 Å². The van der Waals surface area contributed by atoms with Crippen molar-refractivity contribution in [2.45, 2.75) is 18.9 Å². The van der Waals surface area contributed by atoms with Crippen LogP contribution in [0.2, 0.25) is 0 Å². The van der Waals surface area contributed by atoms with Crippen LogP contribution in [0.1, 0.15) is 23.2 Å². The van der Waals surface area contributed by atoms with E-state index in [9.17, 15) is 23.7 Å². The van der Waals surface area contributed by atoms with Gasteiger partial charge in [0.2, 0.25) is 5.82 Å². The first-order valence-corrected chi connectivity index (χ1v) is 6.51. The molecule has 8 heteroatoms. The maximum atomic E-state index is 13.7. The van der Waals surface area contributed by atoms with Crippen molar-refractivity contribution in [3.8, 4) is 0 Å². The lowest BCUT2D eigenvalue weighted by Crippen LogP contribution is -2.43. The number of carbonyl (C=O) groups is 1. The van der Waals surface area contributed by atoms with Gasteiger partial charge in [-0.25, -0.2) is 4.39 Å². The molecule has 0 unspecified atom stereocenters. The largest absolute Gasteiger partial charge is 0.349 e.